The van der Waals surface area contributed by atoms with E-state index in [4.69, 9.17) is 5.73 Å². The Hall–Kier alpha value is -1.27. The first kappa shape index (κ1) is 15.1. The maximum absolute atomic E-state index is 13.0. The standard InChI is InChI=1S/C14H18BrFN4/c1-4-14(17,12-6-5-10(16)8-18-12)7-11-13(15)9(2)19-20(11)3/h5-6,8H,4,7,17H2,1-3H3. The van der Waals surface area contributed by atoms with Crippen LogP contribution in [0.15, 0.2) is 22.8 Å². The van der Waals surface area contributed by atoms with Crippen LogP contribution in [0.1, 0.15) is 30.4 Å². The summed E-state index contributed by atoms with van der Waals surface area (Å²) < 4.78 is 15.8. The van der Waals surface area contributed by atoms with Gasteiger partial charge in [0.15, 0.2) is 0 Å². The van der Waals surface area contributed by atoms with Crippen molar-refractivity contribution >= 4 is 15.9 Å². The zero-order valence-electron chi connectivity index (χ0n) is 11.8. The van der Waals surface area contributed by atoms with Crippen LogP contribution in [-0.4, -0.2) is 14.8 Å². The first-order valence-electron chi connectivity index (χ1n) is 6.46. The summed E-state index contributed by atoms with van der Waals surface area (Å²) in [7, 11) is 1.89. The van der Waals surface area contributed by atoms with Gasteiger partial charge in [-0.15, -0.1) is 0 Å². The SMILES string of the molecule is CCC(N)(Cc1c(Br)c(C)nn1C)c1ccc(F)cn1. The highest BCUT2D eigenvalue weighted by Gasteiger charge is 2.30. The molecular weight excluding hydrogens is 323 g/mol. The van der Waals surface area contributed by atoms with Crippen molar-refractivity contribution in [1.29, 1.82) is 0 Å². The zero-order valence-corrected chi connectivity index (χ0v) is 13.4. The molecule has 0 aliphatic carbocycles. The number of halogens is 2. The molecule has 0 bridgehead atoms. The van der Waals surface area contributed by atoms with E-state index >= 15 is 0 Å². The number of pyridine rings is 1. The van der Waals surface area contributed by atoms with Gasteiger partial charge >= 0.3 is 0 Å². The predicted molar refractivity (Wildman–Crippen MR) is 79.7 cm³/mol. The van der Waals surface area contributed by atoms with Crippen molar-refractivity contribution in [3.63, 3.8) is 0 Å². The first-order chi connectivity index (χ1) is 9.37. The second-order valence-corrected chi connectivity index (χ2v) is 5.81. The number of nitrogens with zero attached hydrogens (tertiary/aromatic N) is 3. The van der Waals surface area contributed by atoms with Gasteiger partial charge < -0.3 is 5.73 Å². The molecule has 0 saturated heterocycles. The van der Waals surface area contributed by atoms with Gasteiger partial charge in [0.1, 0.15) is 5.82 Å². The number of rotatable bonds is 4. The average Bonchev–Trinajstić information content (AvgIpc) is 2.66. The molecule has 0 fully saturated rings. The Bertz CT molecular complexity index is 608. The minimum atomic E-state index is -0.642. The van der Waals surface area contributed by atoms with Crippen molar-refractivity contribution in [2.24, 2.45) is 12.8 Å². The van der Waals surface area contributed by atoms with E-state index in [-0.39, 0.29) is 5.82 Å². The lowest BCUT2D eigenvalue weighted by atomic mass is 9.87. The maximum atomic E-state index is 13.0. The van der Waals surface area contributed by atoms with Crippen LogP contribution < -0.4 is 5.73 Å². The molecule has 0 aliphatic heterocycles. The van der Waals surface area contributed by atoms with Crippen molar-refractivity contribution in [2.45, 2.75) is 32.2 Å². The van der Waals surface area contributed by atoms with Gasteiger partial charge in [-0.25, -0.2) is 4.39 Å². The van der Waals surface area contributed by atoms with Crippen LogP contribution in [0, 0.1) is 12.7 Å². The molecule has 2 N–H and O–H groups in total. The summed E-state index contributed by atoms with van der Waals surface area (Å²) in [5, 5.41) is 4.37. The van der Waals surface area contributed by atoms with Crippen molar-refractivity contribution in [2.75, 3.05) is 0 Å². The number of aromatic nitrogens is 3. The third-order valence-electron chi connectivity index (χ3n) is 3.61. The average molecular weight is 341 g/mol. The molecule has 2 heterocycles. The fourth-order valence-electron chi connectivity index (χ4n) is 2.24. The molecule has 2 aromatic rings. The van der Waals surface area contributed by atoms with Gasteiger partial charge in [-0.05, 0) is 41.4 Å². The molecule has 6 heteroatoms. The summed E-state index contributed by atoms with van der Waals surface area (Å²) in [6, 6.07) is 3.04. The van der Waals surface area contributed by atoms with Gasteiger partial charge in [-0.2, -0.15) is 5.10 Å². The molecule has 0 spiro atoms. The quantitative estimate of drug-likeness (QED) is 0.930. The molecule has 0 aromatic carbocycles. The first-order valence-corrected chi connectivity index (χ1v) is 7.25. The van der Waals surface area contributed by atoms with E-state index in [0.29, 0.717) is 18.5 Å². The molecule has 1 unspecified atom stereocenters. The molecule has 0 saturated carbocycles. The highest BCUT2D eigenvalue weighted by Crippen LogP contribution is 2.30. The molecule has 20 heavy (non-hydrogen) atoms. The van der Waals surface area contributed by atoms with Crippen molar-refractivity contribution in [3.05, 3.63) is 45.7 Å². The van der Waals surface area contributed by atoms with Crippen molar-refractivity contribution in [1.82, 2.24) is 14.8 Å². The zero-order chi connectivity index (χ0) is 14.9. The van der Waals surface area contributed by atoms with Gasteiger partial charge in [0.2, 0.25) is 0 Å². The molecule has 0 radical (unpaired) electrons. The minimum absolute atomic E-state index is 0.357. The lowest BCUT2D eigenvalue weighted by Crippen LogP contribution is -2.40. The molecule has 0 amide bonds. The minimum Gasteiger partial charge on any atom is -0.320 e. The second kappa shape index (κ2) is 5.61. The molecule has 108 valence electrons. The Morgan fingerprint density at radius 2 is 2.15 bits per heavy atom. The van der Waals surface area contributed by atoms with E-state index in [9.17, 15) is 4.39 Å². The maximum Gasteiger partial charge on any atom is 0.141 e. The van der Waals surface area contributed by atoms with Crippen LogP contribution in [0.25, 0.3) is 0 Å². The molecule has 2 rings (SSSR count). The summed E-state index contributed by atoms with van der Waals surface area (Å²) in [5.41, 5.74) is 8.48. The normalized spacial score (nSPS) is 14.3. The second-order valence-electron chi connectivity index (χ2n) is 5.02. The smallest absolute Gasteiger partial charge is 0.141 e. The number of hydrogen-bond acceptors (Lipinski definition) is 3. The van der Waals surface area contributed by atoms with Crippen LogP contribution in [0.2, 0.25) is 0 Å². The molecular formula is C14H18BrFN4. The topological polar surface area (TPSA) is 56.7 Å². The Kier molecular flexibility index (Phi) is 4.25. The fraction of sp³-hybridized carbons (Fsp3) is 0.429. The Morgan fingerprint density at radius 1 is 1.45 bits per heavy atom. The van der Waals surface area contributed by atoms with Gasteiger partial charge in [0.05, 0.1) is 33.3 Å². The highest BCUT2D eigenvalue weighted by atomic mass is 79.9. The van der Waals surface area contributed by atoms with Crippen molar-refractivity contribution < 1.29 is 4.39 Å². The molecule has 1 atom stereocenters. The third-order valence-corrected chi connectivity index (χ3v) is 4.64. The predicted octanol–water partition coefficient (Wildman–Crippen LogP) is 2.83. The largest absolute Gasteiger partial charge is 0.320 e. The summed E-state index contributed by atoms with van der Waals surface area (Å²) in [4.78, 5) is 4.14. The van der Waals surface area contributed by atoms with E-state index in [1.54, 1.807) is 6.07 Å². The number of hydrogen-bond donors (Lipinski definition) is 1. The number of nitrogens with two attached hydrogens (primary N) is 1. The third kappa shape index (κ3) is 2.76. The van der Waals surface area contributed by atoms with Crippen LogP contribution in [-0.2, 0) is 19.0 Å². The molecule has 0 aliphatic rings. The van der Waals surface area contributed by atoms with Crippen LogP contribution in [0.4, 0.5) is 4.39 Å². The Morgan fingerprint density at radius 3 is 2.60 bits per heavy atom. The van der Waals surface area contributed by atoms with Crippen LogP contribution in [0.5, 0.6) is 0 Å². The van der Waals surface area contributed by atoms with Crippen LogP contribution >= 0.6 is 15.9 Å². The number of aryl methyl sites for hydroxylation is 2. The summed E-state index contributed by atoms with van der Waals surface area (Å²) in [5.74, 6) is -0.357. The lowest BCUT2D eigenvalue weighted by molar-refractivity contribution is 0.398. The van der Waals surface area contributed by atoms with Gasteiger partial charge in [0.25, 0.3) is 0 Å². The fourth-order valence-corrected chi connectivity index (χ4v) is 2.71. The van der Waals surface area contributed by atoms with E-state index in [0.717, 1.165) is 15.9 Å². The van der Waals surface area contributed by atoms with E-state index < -0.39 is 5.54 Å². The summed E-state index contributed by atoms with van der Waals surface area (Å²) in [6.45, 7) is 3.94. The molecule has 4 nitrogen and oxygen atoms in total. The van der Waals surface area contributed by atoms with E-state index in [1.807, 2.05) is 25.6 Å². The Labute approximate surface area is 126 Å². The van der Waals surface area contributed by atoms with E-state index in [1.165, 1.54) is 12.3 Å². The lowest BCUT2D eigenvalue weighted by Gasteiger charge is -2.27. The monoisotopic (exact) mass is 340 g/mol. The highest BCUT2D eigenvalue weighted by molar-refractivity contribution is 9.10. The summed E-state index contributed by atoms with van der Waals surface area (Å²) in [6.07, 6.45) is 2.48. The van der Waals surface area contributed by atoms with E-state index in [2.05, 4.69) is 26.0 Å². The van der Waals surface area contributed by atoms with Gasteiger partial charge in [0, 0.05) is 13.5 Å². The Balaban J connectivity index is 2.39. The van der Waals surface area contributed by atoms with Crippen molar-refractivity contribution in [3.8, 4) is 0 Å². The summed E-state index contributed by atoms with van der Waals surface area (Å²) >= 11 is 3.55. The van der Waals surface area contributed by atoms with Crippen LogP contribution in [0.3, 0.4) is 0 Å². The van der Waals surface area contributed by atoms with Gasteiger partial charge in [-0.3, -0.25) is 9.67 Å². The molecule has 2 aromatic heterocycles. The van der Waals surface area contributed by atoms with Gasteiger partial charge in [-0.1, -0.05) is 6.92 Å².